The molecule has 1 saturated carbocycles. The van der Waals surface area contributed by atoms with Gasteiger partial charge in [0.25, 0.3) is 0 Å². The fourth-order valence-corrected chi connectivity index (χ4v) is 4.97. The highest BCUT2D eigenvalue weighted by molar-refractivity contribution is 6.33. The van der Waals surface area contributed by atoms with Gasteiger partial charge in [-0.2, -0.15) is 0 Å². The van der Waals surface area contributed by atoms with Gasteiger partial charge < -0.3 is 19.6 Å². The Morgan fingerprint density at radius 2 is 2.06 bits per heavy atom. The molecule has 0 aromatic heterocycles. The van der Waals surface area contributed by atoms with E-state index in [9.17, 15) is 14.7 Å². The van der Waals surface area contributed by atoms with Crippen LogP contribution in [-0.2, 0) is 16.1 Å². The monoisotopic (exact) mass is 462 g/mol. The number of unbranched alkanes of at least 4 members (excludes halogenated alkanes) is 1. The summed E-state index contributed by atoms with van der Waals surface area (Å²) in [6.45, 7) is 1.69. The molecule has 0 spiro atoms. The Bertz CT molecular complexity index is 885. The van der Waals surface area contributed by atoms with Crippen LogP contribution in [0.3, 0.4) is 0 Å². The van der Waals surface area contributed by atoms with E-state index in [0.29, 0.717) is 42.8 Å². The van der Waals surface area contributed by atoms with Gasteiger partial charge in [0.1, 0.15) is 12.3 Å². The SMILES string of the molecule is O=C1CN2Cc3c(ccc(OCCCCC(=O)N(CCO)C4CCCCC4)c3Cl)N=C2N1. The highest BCUT2D eigenvalue weighted by Crippen LogP contribution is 2.38. The molecule has 3 aliphatic rings. The van der Waals surface area contributed by atoms with E-state index in [1.165, 1.54) is 6.42 Å². The molecule has 32 heavy (non-hydrogen) atoms. The van der Waals surface area contributed by atoms with E-state index in [1.807, 2.05) is 15.9 Å². The summed E-state index contributed by atoms with van der Waals surface area (Å²) < 4.78 is 5.90. The summed E-state index contributed by atoms with van der Waals surface area (Å²) in [6, 6.07) is 3.93. The number of aliphatic hydroxyl groups excluding tert-OH is 1. The number of nitrogens with zero attached hydrogens (tertiary/aromatic N) is 3. The molecule has 1 saturated heterocycles. The van der Waals surface area contributed by atoms with Gasteiger partial charge in [0, 0.05) is 24.6 Å². The molecule has 2 aliphatic heterocycles. The molecule has 8 nitrogen and oxygen atoms in total. The number of carbonyl (C=O) groups is 2. The number of aliphatic hydroxyl groups is 1. The quantitative estimate of drug-likeness (QED) is 0.550. The maximum absolute atomic E-state index is 12.7. The molecule has 1 aliphatic carbocycles. The number of rotatable bonds is 9. The number of aliphatic imine (C=N–C) groups is 1. The predicted molar refractivity (Wildman–Crippen MR) is 122 cm³/mol. The van der Waals surface area contributed by atoms with Gasteiger partial charge in [0.2, 0.25) is 17.8 Å². The molecule has 2 N–H and O–H groups in total. The minimum absolute atomic E-state index is 0.00929. The number of benzene rings is 1. The predicted octanol–water partition coefficient (Wildman–Crippen LogP) is 2.98. The molecule has 0 bridgehead atoms. The lowest BCUT2D eigenvalue weighted by Crippen LogP contribution is -2.43. The van der Waals surface area contributed by atoms with Crippen LogP contribution in [0.1, 0.15) is 56.9 Å². The molecule has 174 valence electrons. The molecule has 0 radical (unpaired) electrons. The largest absolute Gasteiger partial charge is 0.492 e. The molecule has 2 heterocycles. The Balaban J connectivity index is 1.25. The molecule has 2 amide bonds. The van der Waals surface area contributed by atoms with Gasteiger partial charge in [-0.25, -0.2) is 4.99 Å². The summed E-state index contributed by atoms with van der Waals surface area (Å²) in [7, 11) is 0. The minimum Gasteiger partial charge on any atom is -0.492 e. The highest BCUT2D eigenvalue weighted by Gasteiger charge is 2.31. The molecule has 0 atom stereocenters. The number of hydrogen-bond donors (Lipinski definition) is 2. The maximum atomic E-state index is 12.7. The van der Waals surface area contributed by atoms with E-state index in [-0.39, 0.29) is 31.0 Å². The third-order valence-corrected chi connectivity index (χ3v) is 6.78. The zero-order chi connectivity index (χ0) is 22.5. The van der Waals surface area contributed by atoms with Crippen LogP contribution in [0.4, 0.5) is 5.69 Å². The number of halogens is 1. The fourth-order valence-electron chi connectivity index (χ4n) is 4.70. The van der Waals surface area contributed by atoms with Gasteiger partial charge >= 0.3 is 0 Å². The summed E-state index contributed by atoms with van der Waals surface area (Å²) in [5.74, 6) is 1.22. The smallest absolute Gasteiger partial charge is 0.246 e. The summed E-state index contributed by atoms with van der Waals surface area (Å²) in [6.07, 6.45) is 7.57. The normalized spacial score (nSPS) is 18.0. The molecule has 1 aromatic carbocycles. The maximum Gasteiger partial charge on any atom is 0.246 e. The third-order valence-electron chi connectivity index (χ3n) is 6.36. The van der Waals surface area contributed by atoms with E-state index in [1.54, 1.807) is 6.07 Å². The first kappa shape index (κ1) is 22.9. The number of ether oxygens (including phenoxy) is 1. The lowest BCUT2D eigenvalue weighted by Gasteiger charge is -2.34. The number of amides is 2. The second kappa shape index (κ2) is 10.5. The molecule has 1 aromatic rings. The van der Waals surface area contributed by atoms with Crippen LogP contribution in [0.5, 0.6) is 5.75 Å². The van der Waals surface area contributed by atoms with Gasteiger partial charge in [-0.05, 0) is 37.8 Å². The minimum atomic E-state index is -0.0697. The average Bonchev–Trinajstić information content (AvgIpc) is 3.17. The lowest BCUT2D eigenvalue weighted by atomic mass is 9.94. The van der Waals surface area contributed by atoms with E-state index in [4.69, 9.17) is 16.3 Å². The van der Waals surface area contributed by atoms with E-state index >= 15 is 0 Å². The van der Waals surface area contributed by atoms with Crippen LogP contribution < -0.4 is 10.1 Å². The van der Waals surface area contributed by atoms with Crippen molar-refractivity contribution in [2.75, 3.05) is 26.3 Å². The van der Waals surface area contributed by atoms with Gasteiger partial charge in [-0.3, -0.25) is 14.9 Å². The Morgan fingerprint density at radius 3 is 2.84 bits per heavy atom. The van der Waals surface area contributed by atoms with Crippen molar-refractivity contribution in [1.82, 2.24) is 15.1 Å². The Kier molecular flexibility index (Phi) is 7.52. The molecule has 4 rings (SSSR count). The van der Waals surface area contributed by atoms with Crippen LogP contribution in [0, 0.1) is 0 Å². The fraction of sp³-hybridized carbons (Fsp3) is 0.609. The number of hydrogen-bond acceptors (Lipinski definition) is 6. The number of fused-ring (bicyclic) bond motifs is 2. The van der Waals surface area contributed by atoms with Gasteiger partial charge in [-0.1, -0.05) is 30.9 Å². The lowest BCUT2D eigenvalue weighted by molar-refractivity contribution is -0.135. The van der Waals surface area contributed by atoms with Crippen LogP contribution in [0.25, 0.3) is 0 Å². The zero-order valence-electron chi connectivity index (χ0n) is 18.3. The van der Waals surface area contributed by atoms with E-state index < -0.39 is 0 Å². The average molecular weight is 463 g/mol. The summed E-state index contributed by atoms with van der Waals surface area (Å²) in [4.78, 5) is 32.5. The third kappa shape index (κ3) is 5.18. The molecule has 9 heteroatoms. The van der Waals surface area contributed by atoms with Crippen molar-refractivity contribution in [3.63, 3.8) is 0 Å². The second-order valence-corrected chi connectivity index (χ2v) is 9.00. The first-order valence-corrected chi connectivity index (χ1v) is 11.9. The van der Waals surface area contributed by atoms with Crippen molar-refractivity contribution in [1.29, 1.82) is 0 Å². The molecular formula is C23H31ClN4O4. The molecular weight excluding hydrogens is 432 g/mol. The van der Waals surface area contributed by atoms with Crippen LogP contribution in [0.15, 0.2) is 17.1 Å². The van der Waals surface area contributed by atoms with Crippen LogP contribution >= 0.6 is 11.6 Å². The van der Waals surface area contributed by atoms with Gasteiger partial charge in [0.15, 0.2) is 0 Å². The van der Waals surface area contributed by atoms with Crippen molar-refractivity contribution in [2.45, 2.75) is 64.0 Å². The van der Waals surface area contributed by atoms with Crippen molar-refractivity contribution in [3.8, 4) is 5.75 Å². The van der Waals surface area contributed by atoms with E-state index in [2.05, 4.69) is 10.3 Å². The molecule has 2 fully saturated rings. The Labute approximate surface area is 193 Å². The summed E-state index contributed by atoms with van der Waals surface area (Å²) in [5, 5.41) is 12.6. The van der Waals surface area contributed by atoms with Gasteiger partial charge in [-0.15, -0.1) is 0 Å². The summed E-state index contributed by atoms with van der Waals surface area (Å²) >= 11 is 6.57. The number of guanidine groups is 1. The topological polar surface area (TPSA) is 94.5 Å². The first-order valence-electron chi connectivity index (χ1n) is 11.5. The van der Waals surface area contributed by atoms with Crippen molar-refractivity contribution in [2.24, 2.45) is 4.99 Å². The van der Waals surface area contributed by atoms with Crippen molar-refractivity contribution < 1.29 is 19.4 Å². The Morgan fingerprint density at radius 1 is 1.25 bits per heavy atom. The Hall–Kier alpha value is -2.32. The van der Waals surface area contributed by atoms with Crippen molar-refractivity contribution in [3.05, 3.63) is 22.7 Å². The van der Waals surface area contributed by atoms with Gasteiger partial charge in [0.05, 0.1) is 30.5 Å². The van der Waals surface area contributed by atoms with Crippen molar-refractivity contribution >= 4 is 35.1 Å². The second-order valence-electron chi connectivity index (χ2n) is 8.62. The highest BCUT2D eigenvalue weighted by atomic mass is 35.5. The number of nitrogens with one attached hydrogen (secondary N) is 1. The van der Waals surface area contributed by atoms with Crippen LogP contribution in [-0.4, -0.2) is 65.0 Å². The first-order chi connectivity index (χ1) is 15.6. The van der Waals surface area contributed by atoms with Crippen LogP contribution in [0.2, 0.25) is 5.02 Å². The summed E-state index contributed by atoms with van der Waals surface area (Å²) in [5.41, 5.74) is 1.60. The zero-order valence-corrected chi connectivity index (χ0v) is 19.1. The standard InChI is InChI=1S/C23H31ClN4O4/c24-22-17-14-27-15-20(30)26-23(27)25-18(17)9-10-19(22)32-13-5-4-8-21(31)28(11-12-29)16-6-2-1-3-7-16/h9-10,16,29H,1-8,11-15H2,(H,25,26,30). The van der Waals surface area contributed by atoms with E-state index in [0.717, 1.165) is 49.8 Å². The number of carbonyl (C=O) groups excluding carboxylic acids is 2. The molecule has 0 unspecified atom stereocenters.